The fourth-order valence-corrected chi connectivity index (χ4v) is 5.74. The van der Waals surface area contributed by atoms with Gasteiger partial charge in [0.25, 0.3) is 5.91 Å². The van der Waals surface area contributed by atoms with Crippen LogP contribution in [-0.2, 0) is 15.8 Å². The first kappa shape index (κ1) is 40.4. The van der Waals surface area contributed by atoms with E-state index >= 15 is 0 Å². The van der Waals surface area contributed by atoms with Crippen molar-refractivity contribution in [1.82, 2.24) is 15.8 Å². The minimum atomic E-state index is -4.81. The van der Waals surface area contributed by atoms with Gasteiger partial charge in [0.1, 0.15) is 23.0 Å². The molecule has 1 aliphatic heterocycles. The fraction of sp³-hybridized carbons (Fsp3) is 0.600. The zero-order chi connectivity index (χ0) is 36.4. The molecular weight excluding hydrogens is 626 g/mol. The van der Waals surface area contributed by atoms with Gasteiger partial charge in [0.2, 0.25) is 5.91 Å². The Kier molecular flexibility index (Phi) is 14.4. The summed E-state index contributed by atoms with van der Waals surface area (Å²) in [7, 11) is 0. The number of aliphatic imine (C=N–C) groups is 1. The van der Waals surface area contributed by atoms with E-state index < -0.39 is 41.1 Å². The summed E-state index contributed by atoms with van der Waals surface area (Å²) in [4.78, 5) is 33.9. The number of halogens is 4. The molecular formula is C35H53F4N7O2. The molecule has 0 aromatic heterocycles. The lowest BCUT2D eigenvalue weighted by Gasteiger charge is -2.43. The van der Waals surface area contributed by atoms with Crippen LogP contribution in [-0.4, -0.2) is 46.5 Å². The largest absolute Gasteiger partial charge is 0.416 e. The maximum Gasteiger partial charge on any atom is 0.416 e. The molecule has 48 heavy (non-hydrogen) atoms. The lowest BCUT2D eigenvalue weighted by molar-refractivity contribution is -0.138. The number of hydrogen-bond donors (Lipinski definition) is 4. The number of carbonyl (C=O) groups is 2. The van der Waals surface area contributed by atoms with E-state index in [0.717, 1.165) is 30.5 Å². The molecule has 0 fully saturated rings. The Labute approximate surface area is 282 Å². The van der Waals surface area contributed by atoms with Crippen molar-refractivity contribution in [1.29, 1.82) is 0 Å². The van der Waals surface area contributed by atoms with Gasteiger partial charge < -0.3 is 16.0 Å². The van der Waals surface area contributed by atoms with Crippen molar-refractivity contribution >= 4 is 23.4 Å². The Bertz CT molecular complexity index is 1400. The van der Waals surface area contributed by atoms with E-state index in [1.165, 1.54) is 0 Å². The van der Waals surface area contributed by atoms with Crippen LogP contribution in [0, 0.1) is 23.1 Å². The maximum absolute atomic E-state index is 14.6. The Morgan fingerprint density at radius 3 is 2.35 bits per heavy atom. The highest BCUT2D eigenvalue weighted by molar-refractivity contribution is 6.47. The number of alkyl halides is 3. The van der Waals surface area contributed by atoms with E-state index in [0.29, 0.717) is 37.7 Å². The number of hydrogen-bond acceptors (Lipinski definition) is 6. The number of carbonyl (C=O) groups excluding carboxylic acids is 2. The first-order valence-electron chi connectivity index (χ1n) is 16.5. The van der Waals surface area contributed by atoms with Crippen LogP contribution in [0.4, 0.5) is 17.6 Å². The van der Waals surface area contributed by atoms with E-state index in [4.69, 9.17) is 16.6 Å². The second-order valence-corrected chi connectivity index (χ2v) is 14.0. The summed E-state index contributed by atoms with van der Waals surface area (Å²) in [6.45, 7) is 15.9. The molecule has 1 aromatic rings. The molecule has 6 N–H and O–H groups in total. The normalized spacial score (nSPS) is 19.2. The van der Waals surface area contributed by atoms with Gasteiger partial charge in [0.05, 0.1) is 24.1 Å². The Morgan fingerprint density at radius 2 is 1.81 bits per heavy atom. The van der Waals surface area contributed by atoms with Crippen LogP contribution in [0.2, 0.25) is 0 Å². The minimum Gasteiger partial charge on any atom is -0.384 e. The van der Waals surface area contributed by atoms with E-state index in [9.17, 15) is 27.2 Å². The molecule has 0 radical (unpaired) electrons. The van der Waals surface area contributed by atoms with Crippen molar-refractivity contribution in [3.8, 4) is 0 Å². The van der Waals surface area contributed by atoms with Crippen molar-refractivity contribution in [3.05, 3.63) is 58.9 Å². The monoisotopic (exact) mass is 679 g/mol. The average Bonchev–Trinajstić information content (AvgIpc) is 3.28. The highest BCUT2D eigenvalue weighted by Crippen LogP contribution is 2.41. The SMILES string of the molecule is C/C=C(\C=C/C(C)C(=O)NC/C(N)=N/NN)C(CCC(C)(C)C)N1C(=O)C(c2cc(F)cc(C(F)(F)F)c2)=NC1(CC)CCCC(C)C. The van der Waals surface area contributed by atoms with Crippen LogP contribution in [0.1, 0.15) is 105 Å². The molecule has 9 nitrogen and oxygen atoms in total. The zero-order valence-corrected chi connectivity index (χ0v) is 29.5. The predicted octanol–water partition coefficient (Wildman–Crippen LogP) is 6.59. The number of benzene rings is 1. The van der Waals surface area contributed by atoms with Crippen molar-refractivity contribution in [2.75, 3.05) is 6.54 Å². The summed E-state index contributed by atoms with van der Waals surface area (Å²) in [5, 5.41) is 6.30. The maximum atomic E-state index is 14.6. The van der Waals surface area contributed by atoms with Crippen LogP contribution in [0.3, 0.4) is 0 Å². The molecule has 0 aliphatic carbocycles. The summed E-state index contributed by atoms with van der Waals surface area (Å²) in [6.07, 6.45) is 4.27. The highest BCUT2D eigenvalue weighted by Gasteiger charge is 2.49. The van der Waals surface area contributed by atoms with Gasteiger partial charge in [-0.25, -0.2) is 15.8 Å². The quantitative estimate of drug-likeness (QED) is 0.0390. The predicted molar refractivity (Wildman–Crippen MR) is 183 cm³/mol. The van der Waals surface area contributed by atoms with E-state index in [1.54, 1.807) is 24.0 Å². The van der Waals surface area contributed by atoms with Gasteiger partial charge in [-0.3, -0.25) is 14.6 Å². The third-order valence-corrected chi connectivity index (χ3v) is 8.45. The number of amides is 2. The summed E-state index contributed by atoms with van der Waals surface area (Å²) in [5.41, 5.74) is 5.73. The summed E-state index contributed by atoms with van der Waals surface area (Å²) in [6, 6.07) is 1.60. The molecule has 0 saturated carbocycles. The van der Waals surface area contributed by atoms with Crippen molar-refractivity contribution in [2.45, 2.75) is 112 Å². The standard InChI is InChI=1S/C35H53F4N7O2/c1-9-24(14-13-23(5)31(47)42-21-29(40)44-45-41)28(15-17-33(6,7)8)46-32(48)30(43-34(46,10-2)16-11-12-22(3)4)25-18-26(35(37,38)39)20-27(36)19-25/h9,13-14,18-20,22-23,28,45H,10-12,15-17,21,41H2,1-8H3,(H2,40,44)(H,42,47)/b14-13-,24-9+. The molecule has 0 bridgehead atoms. The molecule has 3 atom stereocenters. The van der Waals surface area contributed by atoms with Crippen molar-refractivity contribution < 1.29 is 27.2 Å². The van der Waals surface area contributed by atoms with Crippen LogP contribution >= 0.6 is 0 Å². The van der Waals surface area contributed by atoms with Crippen LogP contribution in [0.5, 0.6) is 0 Å². The molecule has 1 heterocycles. The molecule has 1 aliphatic rings. The topological polar surface area (TPSA) is 138 Å². The first-order valence-corrected chi connectivity index (χ1v) is 16.5. The van der Waals surface area contributed by atoms with Crippen LogP contribution < -0.4 is 22.4 Å². The molecule has 0 spiro atoms. The smallest absolute Gasteiger partial charge is 0.384 e. The molecule has 0 saturated heterocycles. The summed E-state index contributed by atoms with van der Waals surface area (Å²) >= 11 is 0. The minimum absolute atomic E-state index is 0.0141. The van der Waals surface area contributed by atoms with Gasteiger partial charge in [-0.2, -0.15) is 18.3 Å². The number of hydrazine groups is 1. The van der Waals surface area contributed by atoms with Crippen LogP contribution in [0.25, 0.3) is 0 Å². The van der Waals surface area contributed by atoms with Gasteiger partial charge in [0, 0.05) is 5.56 Å². The van der Waals surface area contributed by atoms with Gasteiger partial charge in [-0.05, 0) is 74.1 Å². The van der Waals surface area contributed by atoms with Gasteiger partial charge in [-0.1, -0.05) is 73.1 Å². The number of rotatable bonds is 16. The number of nitrogens with one attached hydrogen (secondary N) is 2. The van der Waals surface area contributed by atoms with Crippen molar-refractivity contribution in [3.63, 3.8) is 0 Å². The molecule has 1 aromatic carbocycles. The lowest BCUT2D eigenvalue weighted by Crippen LogP contribution is -2.53. The van der Waals surface area contributed by atoms with Crippen molar-refractivity contribution in [2.24, 2.45) is 38.9 Å². The molecule has 3 unspecified atom stereocenters. The van der Waals surface area contributed by atoms with E-state index in [2.05, 4.69) is 50.6 Å². The van der Waals surface area contributed by atoms with Gasteiger partial charge in [-0.15, -0.1) is 0 Å². The summed E-state index contributed by atoms with van der Waals surface area (Å²) in [5.74, 6) is 3.06. The number of hydrazone groups is 1. The lowest BCUT2D eigenvalue weighted by atomic mass is 9.84. The number of nitrogens with zero attached hydrogens (tertiary/aromatic N) is 3. The Balaban J connectivity index is 2.67. The molecule has 2 amide bonds. The first-order chi connectivity index (χ1) is 22.3. The van der Waals surface area contributed by atoms with Crippen LogP contribution in [0.15, 0.2) is 52.1 Å². The average molecular weight is 680 g/mol. The van der Waals surface area contributed by atoms with E-state index in [-0.39, 0.29) is 35.0 Å². The number of nitrogens with two attached hydrogens (primary N) is 2. The second kappa shape index (κ2) is 17.1. The molecule has 2 rings (SSSR count). The fourth-order valence-electron chi connectivity index (χ4n) is 5.74. The third kappa shape index (κ3) is 11.2. The van der Waals surface area contributed by atoms with Gasteiger partial charge in [0.15, 0.2) is 0 Å². The Hall–Kier alpha value is -3.74. The zero-order valence-electron chi connectivity index (χ0n) is 29.5. The third-order valence-electron chi connectivity index (χ3n) is 8.45. The van der Waals surface area contributed by atoms with Gasteiger partial charge >= 0.3 is 6.18 Å². The summed E-state index contributed by atoms with van der Waals surface area (Å²) < 4.78 is 55.8. The Morgan fingerprint density at radius 1 is 1.15 bits per heavy atom. The second-order valence-electron chi connectivity index (χ2n) is 14.0. The molecule has 268 valence electrons. The number of allylic oxidation sites excluding steroid dienone is 1. The number of amidine groups is 1. The van der Waals surface area contributed by atoms with E-state index in [1.807, 2.05) is 19.9 Å². The molecule has 13 heteroatoms. The highest BCUT2D eigenvalue weighted by atomic mass is 19.4.